The molecule has 2 heterocycles. The minimum absolute atomic E-state index is 0.121. The highest BCUT2D eigenvalue weighted by Gasteiger charge is 2.44. The lowest BCUT2D eigenvalue weighted by atomic mass is 10.0. The summed E-state index contributed by atoms with van der Waals surface area (Å²) in [5.41, 5.74) is 2.50. The molecule has 0 aliphatic carbocycles. The summed E-state index contributed by atoms with van der Waals surface area (Å²) in [6.45, 7) is 9.98. The largest absolute Gasteiger partial charge is 0.353 e. The molecular weight excluding hydrogens is 364 g/mol. The van der Waals surface area contributed by atoms with Crippen LogP contribution in [0.5, 0.6) is 0 Å². The van der Waals surface area contributed by atoms with Gasteiger partial charge < -0.3 is 10.2 Å². The number of hydrogen-bond acceptors (Lipinski definition) is 4. The van der Waals surface area contributed by atoms with Crippen molar-refractivity contribution in [2.45, 2.75) is 64.7 Å². The monoisotopic (exact) mass is 400 g/mol. The average Bonchev–Trinajstić information content (AvgIpc) is 3.08. The Morgan fingerprint density at radius 1 is 1.21 bits per heavy atom. The maximum atomic E-state index is 12.9. The first-order valence-corrected chi connectivity index (χ1v) is 11.0. The van der Waals surface area contributed by atoms with Gasteiger partial charge in [0, 0.05) is 51.2 Å². The number of fused-ring (bicyclic) bond motifs is 1. The number of aryl methyl sites for hydroxylation is 1. The number of benzene rings is 1. The molecule has 6 heteroatoms. The molecular formula is C23H36N4O2. The van der Waals surface area contributed by atoms with Crippen LogP contribution in [0.1, 0.15) is 44.2 Å². The summed E-state index contributed by atoms with van der Waals surface area (Å²) in [5.74, 6) is 0.340. The SMILES string of the molecule is CCN(CC)C(=O)CC[C@H]1CNC(=O)[C@@H]2[C@@H](CCN2Cc2ccc(C)cc2)N1C. The molecule has 29 heavy (non-hydrogen) atoms. The van der Waals surface area contributed by atoms with Crippen molar-refractivity contribution >= 4 is 11.8 Å². The van der Waals surface area contributed by atoms with Crippen LogP contribution < -0.4 is 5.32 Å². The second-order valence-electron chi connectivity index (χ2n) is 8.43. The van der Waals surface area contributed by atoms with Gasteiger partial charge in [0.25, 0.3) is 0 Å². The molecule has 0 unspecified atom stereocenters. The van der Waals surface area contributed by atoms with Crippen LogP contribution in [0.3, 0.4) is 0 Å². The van der Waals surface area contributed by atoms with Crippen molar-refractivity contribution in [3.63, 3.8) is 0 Å². The van der Waals surface area contributed by atoms with Crippen LogP contribution >= 0.6 is 0 Å². The van der Waals surface area contributed by atoms with Crippen molar-refractivity contribution in [1.82, 2.24) is 20.0 Å². The van der Waals surface area contributed by atoms with Gasteiger partial charge in [0.2, 0.25) is 11.8 Å². The molecule has 2 aliphatic heterocycles. The normalized spacial score (nSPS) is 25.4. The molecule has 2 saturated heterocycles. The van der Waals surface area contributed by atoms with Gasteiger partial charge in [0.05, 0.1) is 0 Å². The summed E-state index contributed by atoms with van der Waals surface area (Å²) >= 11 is 0. The van der Waals surface area contributed by atoms with E-state index in [0.29, 0.717) is 13.0 Å². The van der Waals surface area contributed by atoms with E-state index in [2.05, 4.69) is 53.4 Å². The van der Waals surface area contributed by atoms with Crippen LogP contribution in [0.2, 0.25) is 0 Å². The molecule has 2 amide bonds. The number of likely N-dealkylation sites (N-methyl/N-ethyl adjacent to an activating group) is 1. The molecule has 0 saturated carbocycles. The van der Waals surface area contributed by atoms with Crippen LogP contribution in [-0.2, 0) is 16.1 Å². The summed E-state index contributed by atoms with van der Waals surface area (Å²) < 4.78 is 0. The minimum atomic E-state index is -0.121. The third-order valence-corrected chi connectivity index (χ3v) is 6.66. The van der Waals surface area contributed by atoms with E-state index < -0.39 is 0 Å². The number of rotatable bonds is 7. The molecule has 160 valence electrons. The third kappa shape index (κ3) is 4.98. The molecule has 0 radical (unpaired) electrons. The van der Waals surface area contributed by atoms with E-state index in [-0.39, 0.29) is 29.9 Å². The predicted octanol–water partition coefficient (Wildman–Crippen LogP) is 2.02. The molecule has 0 aromatic heterocycles. The van der Waals surface area contributed by atoms with Gasteiger partial charge in [0.15, 0.2) is 0 Å². The molecule has 1 N–H and O–H groups in total. The summed E-state index contributed by atoms with van der Waals surface area (Å²) in [7, 11) is 2.12. The minimum Gasteiger partial charge on any atom is -0.353 e. The molecule has 3 atom stereocenters. The fraction of sp³-hybridized carbons (Fsp3) is 0.652. The smallest absolute Gasteiger partial charge is 0.239 e. The second-order valence-corrected chi connectivity index (χ2v) is 8.43. The molecule has 1 aromatic carbocycles. The van der Waals surface area contributed by atoms with E-state index in [0.717, 1.165) is 39.0 Å². The first-order chi connectivity index (χ1) is 13.9. The Bertz CT molecular complexity index is 701. The Kier molecular flexibility index (Phi) is 7.30. The van der Waals surface area contributed by atoms with Crippen LogP contribution in [-0.4, -0.2) is 77.9 Å². The number of nitrogens with zero attached hydrogens (tertiary/aromatic N) is 3. The number of hydrogen-bond donors (Lipinski definition) is 1. The molecule has 2 aliphatic rings. The van der Waals surface area contributed by atoms with Gasteiger partial charge in [-0.15, -0.1) is 0 Å². The van der Waals surface area contributed by atoms with Crippen molar-refractivity contribution in [3.05, 3.63) is 35.4 Å². The van der Waals surface area contributed by atoms with Crippen LogP contribution in [0.15, 0.2) is 24.3 Å². The van der Waals surface area contributed by atoms with Gasteiger partial charge in [-0.1, -0.05) is 29.8 Å². The molecule has 6 nitrogen and oxygen atoms in total. The van der Waals surface area contributed by atoms with Crippen molar-refractivity contribution in [2.24, 2.45) is 0 Å². The fourth-order valence-electron chi connectivity index (χ4n) is 4.78. The van der Waals surface area contributed by atoms with E-state index in [4.69, 9.17) is 0 Å². The number of likely N-dealkylation sites (tertiary alicyclic amines) is 1. The van der Waals surface area contributed by atoms with Gasteiger partial charge in [-0.05, 0) is 46.2 Å². The van der Waals surface area contributed by atoms with Crippen molar-refractivity contribution in [2.75, 3.05) is 33.2 Å². The molecule has 0 spiro atoms. The highest BCUT2D eigenvalue weighted by Crippen LogP contribution is 2.28. The maximum absolute atomic E-state index is 12.9. The zero-order valence-corrected chi connectivity index (χ0v) is 18.4. The molecule has 1 aromatic rings. The standard InChI is InChI=1S/C23H36N4O2/c1-5-26(6-2)21(28)12-11-19-15-24-23(29)22-20(25(19)4)13-14-27(22)16-18-9-7-17(3)8-10-18/h7-10,19-20,22H,5-6,11-16H2,1-4H3,(H,24,29)/t19-,20+,22-/m0/s1. The summed E-state index contributed by atoms with van der Waals surface area (Å²) in [5, 5.41) is 3.16. The summed E-state index contributed by atoms with van der Waals surface area (Å²) in [4.78, 5) is 31.9. The number of carbonyl (C=O) groups excluding carboxylic acids is 2. The van der Waals surface area contributed by atoms with Crippen molar-refractivity contribution < 1.29 is 9.59 Å². The zero-order chi connectivity index (χ0) is 21.0. The van der Waals surface area contributed by atoms with E-state index >= 15 is 0 Å². The highest BCUT2D eigenvalue weighted by molar-refractivity contribution is 5.83. The van der Waals surface area contributed by atoms with Crippen LogP contribution in [0.4, 0.5) is 0 Å². The average molecular weight is 401 g/mol. The van der Waals surface area contributed by atoms with Gasteiger partial charge in [-0.2, -0.15) is 0 Å². The summed E-state index contributed by atoms with van der Waals surface area (Å²) in [6, 6.07) is 8.86. The van der Waals surface area contributed by atoms with Gasteiger partial charge in [-0.25, -0.2) is 0 Å². The Morgan fingerprint density at radius 2 is 1.90 bits per heavy atom. The Morgan fingerprint density at radius 3 is 2.55 bits per heavy atom. The van der Waals surface area contributed by atoms with Crippen molar-refractivity contribution in [3.8, 4) is 0 Å². The number of amides is 2. The Labute approximate surface area is 175 Å². The quantitative estimate of drug-likeness (QED) is 0.761. The Hall–Kier alpha value is -1.92. The van der Waals surface area contributed by atoms with E-state index in [1.807, 2.05) is 18.7 Å². The fourth-order valence-corrected chi connectivity index (χ4v) is 4.78. The van der Waals surface area contributed by atoms with Crippen LogP contribution in [0, 0.1) is 6.92 Å². The summed E-state index contributed by atoms with van der Waals surface area (Å²) in [6.07, 6.45) is 2.31. The topological polar surface area (TPSA) is 55.9 Å². The van der Waals surface area contributed by atoms with E-state index in [1.54, 1.807) is 0 Å². The lowest BCUT2D eigenvalue weighted by Gasteiger charge is -2.33. The van der Waals surface area contributed by atoms with E-state index in [9.17, 15) is 9.59 Å². The first-order valence-electron chi connectivity index (χ1n) is 11.0. The number of nitrogens with one attached hydrogen (secondary N) is 1. The molecule has 3 rings (SSSR count). The van der Waals surface area contributed by atoms with Crippen LogP contribution in [0.25, 0.3) is 0 Å². The molecule has 2 fully saturated rings. The van der Waals surface area contributed by atoms with Gasteiger partial charge in [0.1, 0.15) is 6.04 Å². The lowest BCUT2D eigenvalue weighted by molar-refractivity contribution is -0.131. The number of carbonyl (C=O) groups is 2. The van der Waals surface area contributed by atoms with E-state index in [1.165, 1.54) is 11.1 Å². The maximum Gasteiger partial charge on any atom is 0.239 e. The Balaban J connectivity index is 1.64. The first kappa shape index (κ1) is 21.8. The zero-order valence-electron chi connectivity index (χ0n) is 18.4. The van der Waals surface area contributed by atoms with Crippen molar-refractivity contribution in [1.29, 1.82) is 0 Å². The molecule has 0 bridgehead atoms. The van der Waals surface area contributed by atoms with Gasteiger partial charge in [-0.3, -0.25) is 19.4 Å². The highest BCUT2D eigenvalue weighted by atomic mass is 16.2. The third-order valence-electron chi connectivity index (χ3n) is 6.66. The second kappa shape index (κ2) is 9.72. The van der Waals surface area contributed by atoms with Gasteiger partial charge >= 0.3 is 0 Å². The predicted molar refractivity (Wildman–Crippen MR) is 116 cm³/mol. The lowest BCUT2D eigenvalue weighted by Crippen LogP contribution is -2.49.